The minimum absolute atomic E-state index is 0.0312. The van der Waals surface area contributed by atoms with Gasteiger partial charge in [-0.3, -0.25) is 14.5 Å². The van der Waals surface area contributed by atoms with Gasteiger partial charge in [-0.05, 0) is 50.1 Å². The van der Waals surface area contributed by atoms with Crippen LogP contribution in [0.2, 0.25) is 0 Å². The molecule has 0 aliphatic heterocycles. The Balaban J connectivity index is 2.88. The minimum Gasteiger partial charge on any atom is -0.369 e. The third-order valence-corrected chi connectivity index (χ3v) is 3.33. The molecule has 19 heavy (non-hydrogen) atoms. The quantitative estimate of drug-likeness (QED) is 0.792. The van der Waals surface area contributed by atoms with Gasteiger partial charge in [-0.2, -0.15) is 0 Å². The van der Waals surface area contributed by atoms with Gasteiger partial charge < -0.3 is 5.73 Å². The highest BCUT2D eigenvalue weighted by atomic mass is 16.1. The normalized spacial score (nSPS) is 10.8. The summed E-state index contributed by atoms with van der Waals surface area (Å²) in [5.41, 5.74) is 9.15. The molecule has 0 aromatic heterocycles. The predicted molar refractivity (Wildman–Crippen MR) is 76.3 cm³/mol. The molecule has 0 atom stereocenters. The minimum atomic E-state index is -0.411. The third-order valence-electron chi connectivity index (χ3n) is 3.33. The Kier molecular flexibility index (Phi) is 5.24. The lowest BCUT2D eigenvalue weighted by molar-refractivity contribution is -0.118. The molecule has 0 spiro atoms. The Bertz CT molecular complexity index is 495. The number of aryl methyl sites for hydroxylation is 3. The first-order valence-electron chi connectivity index (χ1n) is 6.46. The second-order valence-corrected chi connectivity index (χ2v) is 4.94. The number of likely N-dealkylation sites (N-methyl/N-ethyl adjacent to an activating group) is 1. The van der Waals surface area contributed by atoms with Crippen molar-refractivity contribution < 1.29 is 9.59 Å². The van der Waals surface area contributed by atoms with E-state index < -0.39 is 5.91 Å². The summed E-state index contributed by atoms with van der Waals surface area (Å²) in [6, 6.07) is 3.94. The molecule has 0 aliphatic rings. The number of rotatable bonds is 6. The van der Waals surface area contributed by atoms with E-state index in [1.54, 1.807) is 4.90 Å². The first-order valence-corrected chi connectivity index (χ1v) is 6.46. The average Bonchev–Trinajstić information content (AvgIpc) is 2.32. The number of Topliss-reactive ketones (excluding diaryl/α,β-unsaturated/α-hetero) is 1. The standard InChI is InChI=1S/C15H22N2O2/c1-5-17(9-15(16)19)8-14(18)13-7-11(3)10(2)6-12(13)4/h6-7H,5,8-9H2,1-4H3,(H2,16,19). The van der Waals surface area contributed by atoms with Crippen molar-refractivity contribution in [1.29, 1.82) is 0 Å². The van der Waals surface area contributed by atoms with Gasteiger partial charge in [-0.15, -0.1) is 0 Å². The summed E-state index contributed by atoms with van der Waals surface area (Å²) in [5.74, 6) is -0.379. The highest BCUT2D eigenvalue weighted by molar-refractivity contribution is 5.99. The molecule has 1 aromatic rings. The number of benzene rings is 1. The lowest BCUT2D eigenvalue weighted by Crippen LogP contribution is -2.37. The second-order valence-electron chi connectivity index (χ2n) is 4.94. The van der Waals surface area contributed by atoms with Crippen LogP contribution in [-0.2, 0) is 4.79 Å². The fourth-order valence-electron chi connectivity index (χ4n) is 2.05. The highest BCUT2D eigenvalue weighted by Crippen LogP contribution is 2.16. The number of nitrogens with two attached hydrogens (primary N) is 1. The number of primary amides is 1. The molecular weight excluding hydrogens is 240 g/mol. The van der Waals surface area contributed by atoms with Crippen LogP contribution in [-0.4, -0.2) is 36.2 Å². The van der Waals surface area contributed by atoms with E-state index in [-0.39, 0.29) is 18.9 Å². The fourth-order valence-corrected chi connectivity index (χ4v) is 2.05. The Morgan fingerprint density at radius 3 is 2.16 bits per heavy atom. The van der Waals surface area contributed by atoms with Crippen LogP contribution in [0.4, 0.5) is 0 Å². The van der Waals surface area contributed by atoms with E-state index in [9.17, 15) is 9.59 Å². The van der Waals surface area contributed by atoms with Crippen LogP contribution in [0.5, 0.6) is 0 Å². The van der Waals surface area contributed by atoms with Crippen molar-refractivity contribution in [2.24, 2.45) is 5.73 Å². The summed E-state index contributed by atoms with van der Waals surface area (Å²) in [4.78, 5) is 25.0. The average molecular weight is 262 g/mol. The molecule has 0 heterocycles. The van der Waals surface area contributed by atoms with Gasteiger partial charge in [0.1, 0.15) is 0 Å². The first-order chi connectivity index (χ1) is 8.85. The van der Waals surface area contributed by atoms with Crippen molar-refractivity contribution in [3.05, 3.63) is 34.4 Å². The molecule has 1 amide bonds. The monoisotopic (exact) mass is 262 g/mol. The smallest absolute Gasteiger partial charge is 0.231 e. The summed E-state index contributed by atoms with van der Waals surface area (Å²) in [6.45, 7) is 8.83. The number of ketones is 1. The molecule has 1 rings (SSSR count). The zero-order chi connectivity index (χ0) is 14.6. The summed E-state index contributed by atoms with van der Waals surface area (Å²) in [5, 5.41) is 0. The van der Waals surface area contributed by atoms with Gasteiger partial charge >= 0.3 is 0 Å². The van der Waals surface area contributed by atoms with E-state index in [1.807, 2.05) is 39.8 Å². The second kappa shape index (κ2) is 6.48. The van der Waals surface area contributed by atoms with Gasteiger partial charge in [-0.1, -0.05) is 13.0 Å². The van der Waals surface area contributed by atoms with E-state index in [0.29, 0.717) is 6.54 Å². The van der Waals surface area contributed by atoms with Crippen LogP contribution in [0.3, 0.4) is 0 Å². The Morgan fingerprint density at radius 2 is 1.63 bits per heavy atom. The Hall–Kier alpha value is -1.68. The molecule has 0 bridgehead atoms. The summed E-state index contributed by atoms with van der Waals surface area (Å²) >= 11 is 0. The molecule has 0 radical (unpaired) electrons. The van der Waals surface area contributed by atoms with E-state index in [4.69, 9.17) is 5.73 Å². The van der Waals surface area contributed by atoms with Gasteiger partial charge in [0.2, 0.25) is 5.91 Å². The van der Waals surface area contributed by atoms with E-state index in [1.165, 1.54) is 5.56 Å². The van der Waals surface area contributed by atoms with Crippen molar-refractivity contribution in [3.8, 4) is 0 Å². The first kappa shape index (κ1) is 15.4. The molecule has 104 valence electrons. The van der Waals surface area contributed by atoms with Gasteiger partial charge in [0.15, 0.2) is 5.78 Å². The maximum absolute atomic E-state index is 12.3. The molecule has 0 fully saturated rings. The van der Waals surface area contributed by atoms with Crippen molar-refractivity contribution in [2.75, 3.05) is 19.6 Å². The van der Waals surface area contributed by atoms with Crippen LogP contribution in [0.1, 0.15) is 34.0 Å². The number of hydrogen-bond donors (Lipinski definition) is 1. The zero-order valence-electron chi connectivity index (χ0n) is 12.1. The number of carbonyl (C=O) groups is 2. The number of hydrogen-bond acceptors (Lipinski definition) is 3. The molecule has 0 saturated carbocycles. The summed E-state index contributed by atoms with van der Waals surface area (Å²) < 4.78 is 0. The van der Waals surface area contributed by atoms with Crippen molar-refractivity contribution in [1.82, 2.24) is 4.90 Å². The third kappa shape index (κ3) is 4.17. The molecule has 0 saturated heterocycles. The number of amides is 1. The van der Waals surface area contributed by atoms with Gasteiger partial charge in [0.05, 0.1) is 13.1 Å². The largest absolute Gasteiger partial charge is 0.369 e. The van der Waals surface area contributed by atoms with Crippen LogP contribution in [0, 0.1) is 20.8 Å². The van der Waals surface area contributed by atoms with Crippen LogP contribution < -0.4 is 5.73 Å². The maximum atomic E-state index is 12.3. The highest BCUT2D eigenvalue weighted by Gasteiger charge is 2.15. The SMILES string of the molecule is CCN(CC(N)=O)CC(=O)c1cc(C)c(C)cc1C. The maximum Gasteiger partial charge on any atom is 0.231 e. The van der Waals surface area contributed by atoms with Gasteiger partial charge in [-0.25, -0.2) is 0 Å². The van der Waals surface area contributed by atoms with E-state index >= 15 is 0 Å². The summed E-state index contributed by atoms with van der Waals surface area (Å²) in [6.07, 6.45) is 0. The molecule has 0 aliphatic carbocycles. The molecule has 4 heteroatoms. The molecule has 1 aromatic carbocycles. The molecule has 0 unspecified atom stereocenters. The molecular formula is C15H22N2O2. The molecule has 2 N–H and O–H groups in total. The van der Waals surface area contributed by atoms with Crippen LogP contribution in [0.15, 0.2) is 12.1 Å². The zero-order valence-corrected chi connectivity index (χ0v) is 12.1. The fraction of sp³-hybridized carbons (Fsp3) is 0.467. The number of nitrogens with zero attached hydrogens (tertiary/aromatic N) is 1. The lowest BCUT2D eigenvalue weighted by Gasteiger charge is -2.18. The number of carbonyl (C=O) groups excluding carboxylic acids is 2. The van der Waals surface area contributed by atoms with E-state index in [2.05, 4.69) is 0 Å². The van der Waals surface area contributed by atoms with Gasteiger partial charge in [0, 0.05) is 5.56 Å². The van der Waals surface area contributed by atoms with Gasteiger partial charge in [0.25, 0.3) is 0 Å². The van der Waals surface area contributed by atoms with Crippen LogP contribution in [0.25, 0.3) is 0 Å². The Labute approximate surface area is 114 Å². The van der Waals surface area contributed by atoms with Crippen LogP contribution >= 0.6 is 0 Å². The van der Waals surface area contributed by atoms with Crippen molar-refractivity contribution in [2.45, 2.75) is 27.7 Å². The summed E-state index contributed by atoms with van der Waals surface area (Å²) in [7, 11) is 0. The van der Waals surface area contributed by atoms with E-state index in [0.717, 1.165) is 16.7 Å². The predicted octanol–water partition coefficient (Wildman–Crippen LogP) is 1.60. The van der Waals surface area contributed by atoms with Crippen molar-refractivity contribution in [3.63, 3.8) is 0 Å². The lowest BCUT2D eigenvalue weighted by atomic mass is 9.98. The topological polar surface area (TPSA) is 63.4 Å². The van der Waals surface area contributed by atoms with Crippen molar-refractivity contribution >= 4 is 11.7 Å². The Morgan fingerprint density at radius 1 is 1.05 bits per heavy atom. The molecule has 4 nitrogen and oxygen atoms in total.